The van der Waals surface area contributed by atoms with Crippen LogP contribution < -0.4 is 0 Å². The number of hydrogen-bond acceptors (Lipinski definition) is 10. The molecule has 0 radical (unpaired) electrons. The minimum absolute atomic E-state index is 0.525. The SMILES string of the molecule is c1ccc(-c2nc(-c3ccccc3)nc(-c3ccc(-c4ccncc4)c(-n4c5cc(-c6nc(-c7ccccc7)nc(-c7ccccc7)n6)ccc5c5ccc(-c6nc(-c7ccccc7)nc(-c7ccccc7)n6)cc54)c3)n2)cc1. The van der Waals surface area contributed by atoms with Gasteiger partial charge in [-0.2, -0.15) is 0 Å². The number of fused-ring (bicyclic) bond motifs is 3. The Balaban J connectivity index is 1.05. The highest BCUT2D eigenvalue weighted by atomic mass is 15.1. The number of nitrogens with zero attached hydrogens (tertiary/aromatic N) is 11. The van der Waals surface area contributed by atoms with Gasteiger partial charge in [0.1, 0.15) is 0 Å². The van der Waals surface area contributed by atoms with Gasteiger partial charge in [-0.15, -0.1) is 0 Å². The average molecular weight is 1010 g/mol. The molecule has 0 fully saturated rings. The molecule has 11 nitrogen and oxygen atoms in total. The maximum Gasteiger partial charge on any atom is 0.164 e. The highest BCUT2D eigenvalue weighted by Gasteiger charge is 2.23. The normalized spacial score (nSPS) is 11.3. The molecular formula is C68H43N11. The third kappa shape index (κ3) is 9.13. The van der Waals surface area contributed by atoms with E-state index in [9.17, 15) is 0 Å². The summed E-state index contributed by atoms with van der Waals surface area (Å²) in [4.78, 5) is 50.7. The summed E-state index contributed by atoms with van der Waals surface area (Å²) in [6, 6.07) is 83.6. The first kappa shape index (κ1) is 46.5. The van der Waals surface area contributed by atoms with E-state index in [0.29, 0.717) is 52.4 Å². The van der Waals surface area contributed by atoms with E-state index in [-0.39, 0.29) is 0 Å². The van der Waals surface area contributed by atoms with E-state index >= 15 is 0 Å². The molecule has 5 aromatic heterocycles. The van der Waals surface area contributed by atoms with E-state index in [1.165, 1.54) is 0 Å². The van der Waals surface area contributed by atoms with Gasteiger partial charge in [-0.05, 0) is 35.9 Å². The topological polar surface area (TPSA) is 134 Å². The number of hydrogen-bond donors (Lipinski definition) is 0. The van der Waals surface area contributed by atoms with Crippen LogP contribution in [0.3, 0.4) is 0 Å². The van der Waals surface area contributed by atoms with Crippen molar-refractivity contribution in [3.63, 3.8) is 0 Å². The smallest absolute Gasteiger partial charge is 0.164 e. The highest BCUT2D eigenvalue weighted by molar-refractivity contribution is 6.11. The Kier molecular flexibility index (Phi) is 11.9. The standard InChI is InChI=1S/C68H43N11/c1-7-19-45(20-8-1)60-70-61(46-21-9-2-10-22-46)74-66(73-60)51-31-34-54(44-37-39-69-40-38-44)57(41-51)79-58-42-52(67-75-62(47-23-11-3-12-24-47)71-63(76-67)48-25-13-4-14-26-48)32-35-55(58)56-36-33-53(43-59(56)79)68-77-64(49-27-15-5-16-28-49)72-65(78-68)50-29-17-6-18-30-50/h1-43H. The molecule has 0 N–H and O–H groups in total. The Morgan fingerprint density at radius 2 is 0.481 bits per heavy atom. The van der Waals surface area contributed by atoms with Crippen molar-refractivity contribution in [2.45, 2.75) is 0 Å². The molecule has 370 valence electrons. The molecule has 0 amide bonds. The summed E-state index contributed by atoms with van der Waals surface area (Å²) < 4.78 is 2.32. The molecule has 79 heavy (non-hydrogen) atoms. The third-order valence-corrected chi connectivity index (χ3v) is 13.9. The maximum absolute atomic E-state index is 5.20. The molecule has 0 aliphatic heterocycles. The zero-order valence-electron chi connectivity index (χ0n) is 42.2. The van der Waals surface area contributed by atoms with Gasteiger partial charge in [0, 0.05) is 78.8 Å². The van der Waals surface area contributed by atoms with E-state index < -0.39 is 0 Å². The monoisotopic (exact) mass is 1010 g/mol. The second-order valence-electron chi connectivity index (χ2n) is 18.9. The molecule has 0 aliphatic carbocycles. The molecule has 5 heterocycles. The van der Waals surface area contributed by atoms with Crippen LogP contribution in [0.1, 0.15) is 0 Å². The Labute approximate surface area is 454 Å². The van der Waals surface area contributed by atoms with Gasteiger partial charge in [-0.1, -0.05) is 218 Å². The van der Waals surface area contributed by atoms with Crippen molar-refractivity contribution < 1.29 is 0 Å². The summed E-state index contributed by atoms with van der Waals surface area (Å²) in [6.07, 6.45) is 3.65. The van der Waals surface area contributed by atoms with E-state index in [4.69, 9.17) is 44.9 Å². The number of pyridine rings is 1. The number of benzene rings is 9. The van der Waals surface area contributed by atoms with Gasteiger partial charge in [0.05, 0.1) is 16.7 Å². The molecule has 0 saturated carbocycles. The predicted octanol–water partition coefficient (Wildman–Crippen LogP) is 15.4. The largest absolute Gasteiger partial charge is 0.309 e. The zero-order chi connectivity index (χ0) is 52.5. The van der Waals surface area contributed by atoms with Crippen LogP contribution in [0.15, 0.2) is 261 Å². The predicted molar refractivity (Wildman–Crippen MR) is 313 cm³/mol. The second kappa shape index (κ2) is 20.2. The lowest BCUT2D eigenvalue weighted by molar-refractivity contribution is 1.07. The van der Waals surface area contributed by atoms with Crippen molar-refractivity contribution in [1.82, 2.24) is 54.4 Å². The van der Waals surface area contributed by atoms with E-state index in [1.807, 2.05) is 207 Å². The van der Waals surface area contributed by atoms with Gasteiger partial charge in [0.15, 0.2) is 52.4 Å². The summed E-state index contributed by atoms with van der Waals surface area (Å²) in [5.74, 6) is 5.04. The van der Waals surface area contributed by atoms with Gasteiger partial charge in [-0.3, -0.25) is 4.98 Å². The maximum atomic E-state index is 5.20. The average Bonchev–Trinajstić information content (AvgIpc) is 4.13. The van der Waals surface area contributed by atoms with Crippen molar-refractivity contribution in [2.24, 2.45) is 0 Å². The lowest BCUT2D eigenvalue weighted by Crippen LogP contribution is -2.03. The highest BCUT2D eigenvalue weighted by Crippen LogP contribution is 2.41. The van der Waals surface area contributed by atoms with Gasteiger partial charge in [0.2, 0.25) is 0 Å². The molecule has 0 bridgehead atoms. The molecule has 0 atom stereocenters. The minimum atomic E-state index is 0.525. The van der Waals surface area contributed by atoms with Crippen LogP contribution in [0.5, 0.6) is 0 Å². The van der Waals surface area contributed by atoms with Crippen molar-refractivity contribution in [3.05, 3.63) is 261 Å². The summed E-state index contributed by atoms with van der Waals surface area (Å²) >= 11 is 0. The van der Waals surface area contributed by atoms with Crippen molar-refractivity contribution in [3.8, 4) is 119 Å². The van der Waals surface area contributed by atoms with Crippen LogP contribution in [-0.2, 0) is 0 Å². The molecule has 0 saturated heterocycles. The van der Waals surface area contributed by atoms with Gasteiger partial charge in [-0.25, -0.2) is 44.9 Å². The van der Waals surface area contributed by atoms with Crippen molar-refractivity contribution in [2.75, 3.05) is 0 Å². The van der Waals surface area contributed by atoms with Crippen LogP contribution in [0.4, 0.5) is 0 Å². The Bertz CT molecular complexity index is 4150. The molecule has 14 rings (SSSR count). The van der Waals surface area contributed by atoms with Crippen LogP contribution in [0.2, 0.25) is 0 Å². The molecule has 0 unspecified atom stereocenters. The lowest BCUT2D eigenvalue weighted by Gasteiger charge is -2.17. The fourth-order valence-corrected chi connectivity index (χ4v) is 10.0. The third-order valence-electron chi connectivity index (χ3n) is 13.9. The summed E-state index contributed by atoms with van der Waals surface area (Å²) in [5.41, 5.74) is 12.4. The fraction of sp³-hybridized carbons (Fsp3) is 0. The lowest BCUT2D eigenvalue weighted by atomic mass is 10.0. The van der Waals surface area contributed by atoms with Gasteiger partial charge >= 0.3 is 0 Å². The first-order chi connectivity index (χ1) is 39.1. The first-order valence-corrected chi connectivity index (χ1v) is 25.9. The fourth-order valence-electron chi connectivity index (χ4n) is 10.0. The van der Waals surface area contributed by atoms with Gasteiger partial charge in [0.25, 0.3) is 0 Å². The minimum Gasteiger partial charge on any atom is -0.309 e. The number of rotatable bonds is 11. The van der Waals surface area contributed by atoms with Gasteiger partial charge < -0.3 is 4.57 Å². The summed E-state index contributed by atoms with van der Waals surface area (Å²) in [6.45, 7) is 0. The van der Waals surface area contributed by atoms with Crippen LogP contribution in [0.25, 0.3) is 141 Å². The second-order valence-corrected chi connectivity index (χ2v) is 18.9. The molecule has 11 heteroatoms. The molecule has 14 aromatic rings. The van der Waals surface area contributed by atoms with Crippen LogP contribution in [-0.4, -0.2) is 54.4 Å². The van der Waals surface area contributed by atoms with Crippen LogP contribution in [0, 0.1) is 0 Å². The van der Waals surface area contributed by atoms with Crippen molar-refractivity contribution in [1.29, 1.82) is 0 Å². The molecular weight excluding hydrogens is 971 g/mol. The van der Waals surface area contributed by atoms with E-state index in [2.05, 4.69) is 64.1 Å². The summed E-state index contributed by atoms with van der Waals surface area (Å²) in [7, 11) is 0. The Morgan fingerprint density at radius 1 is 0.215 bits per heavy atom. The van der Waals surface area contributed by atoms with Crippen LogP contribution >= 0.6 is 0 Å². The van der Waals surface area contributed by atoms with E-state index in [1.54, 1.807) is 0 Å². The Morgan fingerprint density at radius 3 is 0.785 bits per heavy atom. The molecule has 0 aliphatic rings. The molecule has 0 spiro atoms. The molecule has 9 aromatic carbocycles. The Hall–Kier alpha value is -11.0. The van der Waals surface area contributed by atoms with Crippen molar-refractivity contribution >= 4 is 21.8 Å². The zero-order valence-corrected chi connectivity index (χ0v) is 42.2. The van der Waals surface area contributed by atoms with E-state index in [0.717, 1.165) is 88.7 Å². The number of aromatic nitrogens is 11. The first-order valence-electron chi connectivity index (χ1n) is 25.9. The summed E-state index contributed by atoms with van der Waals surface area (Å²) in [5, 5.41) is 2.03. The quantitative estimate of drug-likeness (QED) is 0.123.